The summed E-state index contributed by atoms with van der Waals surface area (Å²) in [4.78, 5) is 6.70. The molecule has 8 heteroatoms. The molecule has 0 spiro atoms. The van der Waals surface area contributed by atoms with Gasteiger partial charge in [0.2, 0.25) is 15.9 Å². The van der Waals surface area contributed by atoms with E-state index in [0.29, 0.717) is 24.9 Å². The smallest absolute Gasteiger partial charge is 0.216 e. The molecule has 0 amide bonds. The van der Waals surface area contributed by atoms with Crippen LogP contribution in [0.3, 0.4) is 0 Å². The average Bonchev–Trinajstić information content (AvgIpc) is 3.65. The van der Waals surface area contributed by atoms with E-state index in [-0.39, 0.29) is 17.5 Å². The van der Waals surface area contributed by atoms with Gasteiger partial charge in [0, 0.05) is 50.8 Å². The molecule has 0 aromatic carbocycles. The van der Waals surface area contributed by atoms with Crippen molar-refractivity contribution in [3.63, 3.8) is 0 Å². The molecular formula is C26H43N3O4S. The maximum Gasteiger partial charge on any atom is 0.216 e. The summed E-state index contributed by atoms with van der Waals surface area (Å²) >= 11 is 0. The minimum atomic E-state index is -3.06. The highest BCUT2D eigenvalue weighted by Crippen LogP contribution is 2.35. The summed E-state index contributed by atoms with van der Waals surface area (Å²) in [6.45, 7) is 19.3. The molecule has 2 heterocycles. The first-order valence-corrected chi connectivity index (χ1v) is 14.3. The number of ether oxygens (including phenoxy) is 2. The first-order valence-electron chi connectivity index (χ1n) is 12.8. The van der Waals surface area contributed by atoms with Crippen LogP contribution in [0.15, 0.2) is 41.1 Å². The van der Waals surface area contributed by atoms with Gasteiger partial charge in [-0.1, -0.05) is 6.58 Å². The van der Waals surface area contributed by atoms with Crippen molar-refractivity contribution < 1.29 is 17.9 Å². The largest absolute Gasteiger partial charge is 0.477 e. The van der Waals surface area contributed by atoms with Gasteiger partial charge in [-0.2, -0.15) is 0 Å². The van der Waals surface area contributed by atoms with Crippen LogP contribution in [0.5, 0.6) is 0 Å². The van der Waals surface area contributed by atoms with Crippen LogP contribution < -0.4 is 0 Å². The van der Waals surface area contributed by atoms with Gasteiger partial charge in [0.15, 0.2) is 5.88 Å². The second-order valence-electron chi connectivity index (χ2n) is 10.1. The molecule has 0 aromatic heterocycles. The molecule has 0 atom stereocenters. The van der Waals surface area contributed by atoms with Gasteiger partial charge in [-0.25, -0.2) is 17.7 Å². The van der Waals surface area contributed by atoms with Gasteiger partial charge in [0.1, 0.15) is 6.10 Å². The Bertz CT molecular complexity index is 889. The predicted molar refractivity (Wildman–Crippen MR) is 138 cm³/mol. The topological polar surface area (TPSA) is 71.4 Å². The van der Waals surface area contributed by atoms with Gasteiger partial charge < -0.3 is 14.4 Å². The number of sulfonamides is 1. The van der Waals surface area contributed by atoms with E-state index in [1.165, 1.54) is 0 Å². The molecule has 1 aliphatic carbocycles. The Morgan fingerprint density at radius 2 is 1.68 bits per heavy atom. The van der Waals surface area contributed by atoms with Crippen LogP contribution in [0, 0.1) is 5.92 Å². The van der Waals surface area contributed by atoms with Crippen LogP contribution in [0.2, 0.25) is 0 Å². The van der Waals surface area contributed by atoms with E-state index in [2.05, 4.69) is 23.1 Å². The summed E-state index contributed by atoms with van der Waals surface area (Å²) in [5, 5.41) is -0.122. The van der Waals surface area contributed by atoms with E-state index in [0.717, 1.165) is 75.1 Å². The molecule has 0 bridgehead atoms. The summed E-state index contributed by atoms with van der Waals surface area (Å²) in [5.41, 5.74) is 2.02. The average molecular weight is 494 g/mol. The molecule has 192 valence electrons. The number of hydrogen-bond acceptors (Lipinski definition) is 6. The first kappa shape index (κ1) is 26.8. The third-order valence-electron chi connectivity index (χ3n) is 6.96. The van der Waals surface area contributed by atoms with Crippen LogP contribution in [0.4, 0.5) is 0 Å². The Morgan fingerprint density at radius 3 is 2.21 bits per heavy atom. The van der Waals surface area contributed by atoms with E-state index in [9.17, 15) is 8.42 Å². The predicted octanol–water partition coefficient (Wildman–Crippen LogP) is 4.84. The maximum absolute atomic E-state index is 12.5. The SMILES string of the molecule is C=C(CC1CCN(S(=O)(=O)C2CC2)CC1)/C(C)=C(\N=C/C)OC1CCN(C(=C)OC(C)C)CC1. The number of likely N-dealkylation sites (tertiary alicyclic amines) is 1. The van der Waals surface area contributed by atoms with Crippen molar-refractivity contribution in [1.29, 1.82) is 0 Å². The van der Waals surface area contributed by atoms with Crippen molar-refractivity contribution in [2.45, 2.75) is 90.1 Å². The zero-order valence-corrected chi connectivity index (χ0v) is 22.3. The molecule has 2 saturated heterocycles. The lowest BCUT2D eigenvalue weighted by Crippen LogP contribution is -2.40. The quantitative estimate of drug-likeness (QED) is 0.234. The summed E-state index contributed by atoms with van der Waals surface area (Å²) in [7, 11) is -3.06. The standard InChI is InChI=1S/C26H43N3O4S/c1-7-27-26(33-24-12-14-28(15-13-24)22(6)32-19(2)3)21(5)20(4)18-23-10-16-29(17-11-23)34(30,31)25-8-9-25/h7,19,23-25H,4,6,8-18H2,1-3,5H3/b26-21+,27-7-. The van der Waals surface area contributed by atoms with Crippen molar-refractivity contribution in [2.75, 3.05) is 26.2 Å². The Kier molecular flexibility index (Phi) is 9.27. The van der Waals surface area contributed by atoms with Crippen LogP contribution in [0.25, 0.3) is 0 Å². The van der Waals surface area contributed by atoms with Crippen molar-refractivity contribution >= 4 is 16.2 Å². The number of nitrogens with zero attached hydrogens (tertiary/aromatic N) is 3. The van der Waals surface area contributed by atoms with Crippen LogP contribution in [-0.4, -0.2) is 67.5 Å². The van der Waals surface area contributed by atoms with Gasteiger partial charge in [-0.15, -0.1) is 0 Å². The fraction of sp³-hybridized carbons (Fsp3) is 0.731. The van der Waals surface area contributed by atoms with Gasteiger partial charge in [-0.05, 0) is 77.9 Å². The van der Waals surface area contributed by atoms with Crippen molar-refractivity contribution in [3.8, 4) is 0 Å². The van der Waals surface area contributed by atoms with E-state index in [1.54, 1.807) is 10.5 Å². The fourth-order valence-electron chi connectivity index (χ4n) is 4.66. The summed E-state index contributed by atoms with van der Waals surface area (Å²) in [6, 6.07) is 0. The molecule has 7 nitrogen and oxygen atoms in total. The fourth-order valence-corrected chi connectivity index (χ4v) is 6.53. The monoisotopic (exact) mass is 493 g/mol. The van der Waals surface area contributed by atoms with E-state index < -0.39 is 10.0 Å². The molecule has 3 fully saturated rings. The lowest BCUT2D eigenvalue weighted by atomic mass is 9.89. The normalized spacial score (nSPS) is 22.2. The number of hydrogen-bond donors (Lipinski definition) is 0. The highest BCUT2D eigenvalue weighted by Gasteiger charge is 2.41. The maximum atomic E-state index is 12.5. The second-order valence-corrected chi connectivity index (χ2v) is 12.3. The van der Waals surface area contributed by atoms with Crippen LogP contribution >= 0.6 is 0 Å². The summed E-state index contributed by atoms with van der Waals surface area (Å²) < 4.78 is 38.8. The minimum Gasteiger partial charge on any atom is -0.477 e. The zero-order valence-electron chi connectivity index (χ0n) is 21.5. The van der Waals surface area contributed by atoms with Gasteiger partial charge >= 0.3 is 0 Å². The number of allylic oxidation sites excluding steroid dienone is 2. The molecule has 3 rings (SSSR count). The molecule has 1 saturated carbocycles. The van der Waals surface area contributed by atoms with Crippen molar-refractivity contribution in [3.05, 3.63) is 36.1 Å². The van der Waals surface area contributed by atoms with Crippen LogP contribution in [0.1, 0.15) is 72.6 Å². The van der Waals surface area contributed by atoms with E-state index in [4.69, 9.17) is 9.47 Å². The van der Waals surface area contributed by atoms with Crippen molar-refractivity contribution in [2.24, 2.45) is 10.9 Å². The molecule has 34 heavy (non-hydrogen) atoms. The molecule has 3 aliphatic rings. The highest BCUT2D eigenvalue weighted by molar-refractivity contribution is 7.90. The lowest BCUT2D eigenvalue weighted by molar-refractivity contribution is 0.0177. The molecule has 2 aliphatic heterocycles. The highest BCUT2D eigenvalue weighted by atomic mass is 32.2. The zero-order chi connectivity index (χ0) is 24.9. The van der Waals surface area contributed by atoms with Crippen molar-refractivity contribution in [1.82, 2.24) is 9.21 Å². The number of piperidine rings is 2. The third-order valence-corrected chi connectivity index (χ3v) is 9.36. The summed E-state index contributed by atoms with van der Waals surface area (Å²) in [5.74, 6) is 1.82. The Morgan fingerprint density at radius 1 is 1.06 bits per heavy atom. The number of aliphatic imine (C=N–C) groups is 1. The first-order chi connectivity index (χ1) is 16.1. The Hall–Kier alpha value is -1.80. The third kappa shape index (κ3) is 7.11. The molecule has 0 radical (unpaired) electrons. The minimum absolute atomic E-state index is 0.0976. The van der Waals surface area contributed by atoms with Gasteiger partial charge in [0.05, 0.1) is 11.4 Å². The van der Waals surface area contributed by atoms with E-state index in [1.807, 2.05) is 27.7 Å². The second kappa shape index (κ2) is 11.8. The van der Waals surface area contributed by atoms with Gasteiger partial charge in [-0.3, -0.25) is 0 Å². The Labute approximate surface area is 206 Å². The molecule has 0 aromatic rings. The molecular weight excluding hydrogens is 450 g/mol. The summed E-state index contributed by atoms with van der Waals surface area (Å²) in [6.07, 6.45) is 8.01. The van der Waals surface area contributed by atoms with Crippen LogP contribution in [-0.2, 0) is 19.5 Å². The van der Waals surface area contributed by atoms with E-state index >= 15 is 0 Å². The molecule has 0 unspecified atom stereocenters. The van der Waals surface area contributed by atoms with Gasteiger partial charge in [0.25, 0.3) is 0 Å². The molecule has 0 N–H and O–H groups in total. The Balaban J connectivity index is 1.51. The lowest BCUT2D eigenvalue weighted by Gasteiger charge is -2.35. The number of rotatable bonds is 11.